The van der Waals surface area contributed by atoms with Gasteiger partial charge in [0, 0.05) is 18.3 Å². The van der Waals surface area contributed by atoms with Gasteiger partial charge in [-0.05, 0) is 55.5 Å². The van der Waals surface area contributed by atoms with Crippen LogP contribution in [-0.2, 0) is 16.0 Å². The van der Waals surface area contributed by atoms with E-state index >= 15 is 0 Å². The number of aryl methyl sites for hydroxylation is 1. The molecular weight excluding hydrogens is 416 g/mol. The Morgan fingerprint density at radius 1 is 1.09 bits per heavy atom. The van der Waals surface area contributed by atoms with Gasteiger partial charge in [-0.15, -0.1) is 0 Å². The average Bonchev–Trinajstić information content (AvgIpc) is 3.19. The number of carbonyl (C=O) groups is 1. The van der Waals surface area contributed by atoms with Crippen LogP contribution in [0.3, 0.4) is 0 Å². The van der Waals surface area contributed by atoms with E-state index in [0.29, 0.717) is 26.1 Å². The van der Waals surface area contributed by atoms with Gasteiger partial charge in [0.1, 0.15) is 17.5 Å². The standard InChI is InChI=1S/C26H26N4O3/c1-18-23(30-13-4-3-8-25(30)27-18)16-26(31)29-14-15-33-24(17-29)22-7-5-6-21(28-22)19-9-11-20(32-2)12-10-19/h3-13,24H,14-17H2,1-2H3/t24-/m1/s1. The van der Waals surface area contributed by atoms with Crippen molar-refractivity contribution in [3.63, 3.8) is 0 Å². The van der Waals surface area contributed by atoms with E-state index in [1.807, 2.05) is 83.1 Å². The molecule has 1 atom stereocenters. The number of nitrogens with zero attached hydrogens (tertiary/aromatic N) is 4. The summed E-state index contributed by atoms with van der Waals surface area (Å²) in [6, 6.07) is 19.6. The van der Waals surface area contributed by atoms with Crippen LogP contribution in [-0.4, -0.2) is 52.0 Å². The second-order valence-corrected chi connectivity index (χ2v) is 8.12. The predicted molar refractivity (Wildman–Crippen MR) is 125 cm³/mol. The minimum atomic E-state index is -0.260. The molecule has 5 rings (SSSR count). The zero-order valence-corrected chi connectivity index (χ0v) is 18.8. The van der Waals surface area contributed by atoms with Gasteiger partial charge in [0.15, 0.2) is 0 Å². The van der Waals surface area contributed by atoms with Crippen LogP contribution in [0.25, 0.3) is 16.9 Å². The fourth-order valence-electron chi connectivity index (χ4n) is 4.24. The number of hydrogen-bond acceptors (Lipinski definition) is 5. The fourth-order valence-corrected chi connectivity index (χ4v) is 4.24. The van der Waals surface area contributed by atoms with Crippen LogP contribution in [0.2, 0.25) is 0 Å². The summed E-state index contributed by atoms with van der Waals surface area (Å²) in [6.45, 7) is 3.49. The molecule has 0 unspecified atom stereocenters. The van der Waals surface area contributed by atoms with E-state index < -0.39 is 0 Å². The summed E-state index contributed by atoms with van der Waals surface area (Å²) in [4.78, 5) is 24.5. The average molecular weight is 443 g/mol. The van der Waals surface area contributed by atoms with Crippen LogP contribution < -0.4 is 4.74 Å². The molecule has 1 aliphatic rings. The second-order valence-electron chi connectivity index (χ2n) is 8.12. The molecule has 7 heteroatoms. The van der Waals surface area contributed by atoms with E-state index in [2.05, 4.69) is 4.98 Å². The molecule has 168 valence electrons. The Balaban J connectivity index is 1.32. The van der Waals surface area contributed by atoms with Crippen molar-refractivity contribution < 1.29 is 14.3 Å². The number of methoxy groups -OCH3 is 1. The molecule has 0 spiro atoms. The van der Waals surface area contributed by atoms with Gasteiger partial charge in [-0.25, -0.2) is 9.97 Å². The lowest BCUT2D eigenvalue weighted by Crippen LogP contribution is -2.43. The van der Waals surface area contributed by atoms with Gasteiger partial charge in [0.05, 0.1) is 49.5 Å². The Bertz CT molecular complexity index is 1280. The zero-order chi connectivity index (χ0) is 22.8. The molecule has 4 heterocycles. The van der Waals surface area contributed by atoms with E-state index in [-0.39, 0.29) is 12.0 Å². The maximum Gasteiger partial charge on any atom is 0.228 e. The highest BCUT2D eigenvalue weighted by atomic mass is 16.5. The van der Waals surface area contributed by atoms with E-state index in [1.165, 1.54) is 0 Å². The second kappa shape index (κ2) is 9.03. The number of aromatic nitrogens is 3. The highest BCUT2D eigenvalue weighted by Gasteiger charge is 2.27. The maximum atomic E-state index is 13.2. The summed E-state index contributed by atoms with van der Waals surface area (Å²) in [7, 11) is 1.65. The number of carbonyl (C=O) groups excluding carboxylic acids is 1. The lowest BCUT2D eigenvalue weighted by atomic mass is 10.1. The summed E-state index contributed by atoms with van der Waals surface area (Å²) in [5.74, 6) is 0.879. The molecule has 0 N–H and O–H groups in total. The van der Waals surface area contributed by atoms with Crippen molar-refractivity contribution in [2.45, 2.75) is 19.4 Å². The van der Waals surface area contributed by atoms with E-state index in [1.54, 1.807) is 7.11 Å². The smallest absolute Gasteiger partial charge is 0.228 e. The van der Waals surface area contributed by atoms with E-state index in [9.17, 15) is 4.79 Å². The third-order valence-corrected chi connectivity index (χ3v) is 6.05. The molecule has 3 aromatic heterocycles. The number of morpholine rings is 1. The third kappa shape index (κ3) is 4.32. The van der Waals surface area contributed by atoms with Gasteiger partial charge >= 0.3 is 0 Å². The van der Waals surface area contributed by atoms with Crippen molar-refractivity contribution in [3.05, 3.63) is 83.9 Å². The van der Waals surface area contributed by atoms with Crippen LogP contribution in [0.1, 0.15) is 23.2 Å². The van der Waals surface area contributed by atoms with E-state index in [4.69, 9.17) is 14.5 Å². The van der Waals surface area contributed by atoms with Crippen molar-refractivity contribution in [2.24, 2.45) is 0 Å². The molecule has 4 aromatic rings. The van der Waals surface area contributed by atoms with Crippen LogP contribution in [0.4, 0.5) is 0 Å². The molecule has 33 heavy (non-hydrogen) atoms. The van der Waals surface area contributed by atoms with Crippen molar-refractivity contribution in [2.75, 3.05) is 26.8 Å². The van der Waals surface area contributed by atoms with Gasteiger partial charge in [-0.3, -0.25) is 4.79 Å². The molecule has 0 bridgehead atoms. The summed E-state index contributed by atoms with van der Waals surface area (Å²) < 4.78 is 13.2. The number of rotatable bonds is 5. The van der Waals surface area contributed by atoms with Crippen LogP contribution >= 0.6 is 0 Å². The molecule has 1 aliphatic heterocycles. The van der Waals surface area contributed by atoms with E-state index in [0.717, 1.165) is 39.7 Å². The summed E-state index contributed by atoms with van der Waals surface area (Å²) >= 11 is 0. The summed E-state index contributed by atoms with van der Waals surface area (Å²) in [6.07, 6.45) is 2.00. The Labute approximate surface area is 192 Å². The highest BCUT2D eigenvalue weighted by molar-refractivity contribution is 5.79. The summed E-state index contributed by atoms with van der Waals surface area (Å²) in [5.41, 5.74) is 5.36. The molecule has 1 saturated heterocycles. The maximum absolute atomic E-state index is 13.2. The number of amides is 1. The number of benzene rings is 1. The highest BCUT2D eigenvalue weighted by Crippen LogP contribution is 2.26. The molecule has 1 amide bonds. The van der Waals surface area contributed by atoms with Gasteiger partial charge in [0.2, 0.25) is 5.91 Å². The fraction of sp³-hybridized carbons (Fsp3) is 0.269. The van der Waals surface area contributed by atoms with Crippen molar-refractivity contribution in [3.8, 4) is 17.0 Å². The minimum Gasteiger partial charge on any atom is -0.497 e. The molecular formula is C26H26N4O3. The zero-order valence-electron chi connectivity index (χ0n) is 18.8. The first-order chi connectivity index (χ1) is 16.1. The Hall–Kier alpha value is -3.71. The Kier molecular flexibility index (Phi) is 5.79. The first kappa shape index (κ1) is 21.2. The molecule has 7 nitrogen and oxygen atoms in total. The number of fused-ring (bicyclic) bond motifs is 1. The van der Waals surface area contributed by atoms with Gasteiger partial charge in [0.25, 0.3) is 0 Å². The largest absolute Gasteiger partial charge is 0.497 e. The minimum absolute atomic E-state index is 0.0726. The molecule has 1 aromatic carbocycles. The first-order valence-electron chi connectivity index (χ1n) is 11.1. The number of imidazole rings is 1. The quantitative estimate of drug-likeness (QED) is 0.470. The lowest BCUT2D eigenvalue weighted by molar-refractivity contribution is -0.138. The lowest BCUT2D eigenvalue weighted by Gasteiger charge is -2.33. The number of pyridine rings is 2. The van der Waals surface area contributed by atoms with Gasteiger partial charge in [-0.2, -0.15) is 0 Å². The van der Waals surface area contributed by atoms with Crippen molar-refractivity contribution >= 4 is 11.6 Å². The molecule has 0 saturated carbocycles. The normalized spacial score (nSPS) is 16.2. The Morgan fingerprint density at radius 2 is 1.94 bits per heavy atom. The van der Waals surface area contributed by atoms with Crippen LogP contribution in [0.15, 0.2) is 66.9 Å². The van der Waals surface area contributed by atoms with Crippen LogP contribution in [0, 0.1) is 6.92 Å². The van der Waals surface area contributed by atoms with Gasteiger partial charge in [-0.1, -0.05) is 12.1 Å². The van der Waals surface area contributed by atoms with Crippen LogP contribution in [0.5, 0.6) is 5.75 Å². The van der Waals surface area contributed by atoms with Crippen molar-refractivity contribution in [1.29, 1.82) is 0 Å². The van der Waals surface area contributed by atoms with Crippen molar-refractivity contribution in [1.82, 2.24) is 19.3 Å². The predicted octanol–water partition coefficient (Wildman–Crippen LogP) is 3.86. The monoisotopic (exact) mass is 442 g/mol. The molecule has 0 aliphatic carbocycles. The topological polar surface area (TPSA) is 69.0 Å². The first-order valence-corrected chi connectivity index (χ1v) is 11.1. The number of hydrogen-bond donors (Lipinski definition) is 0. The molecule has 1 fully saturated rings. The summed E-state index contributed by atoms with van der Waals surface area (Å²) in [5, 5.41) is 0. The Morgan fingerprint density at radius 3 is 2.76 bits per heavy atom. The molecule has 0 radical (unpaired) electrons. The number of ether oxygens (including phenoxy) is 2. The van der Waals surface area contributed by atoms with Gasteiger partial charge < -0.3 is 18.8 Å². The SMILES string of the molecule is COc1ccc(-c2cccc([C@H]3CN(C(=O)Cc4c(C)nc5ccccn45)CCO3)n2)cc1. The third-order valence-electron chi connectivity index (χ3n) is 6.05.